The first-order chi connectivity index (χ1) is 18.0. The molecule has 9 heteroatoms. The molecule has 3 heterocycles. The van der Waals surface area contributed by atoms with Gasteiger partial charge < -0.3 is 28.9 Å². The van der Waals surface area contributed by atoms with Crippen LogP contribution in [-0.4, -0.2) is 76.2 Å². The highest BCUT2D eigenvalue weighted by molar-refractivity contribution is 7.10. The fourth-order valence-electron chi connectivity index (χ4n) is 5.39. The van der Waals surface area contributed by atoms with E-state index in [4.69, 9.17) is 14.2 Å². The highest BCUT2D eigenvalue weighted by Gasteiger charge is 2.45. The van der Waals surface area contributed by atoms with Crippen molar-refractivity contribution in [2.75, 3.05) is 59.5 Å². The molecular weight excluding hydrogens is 490 g/mol. The van der Waals surface area contributed by atoms with Crippen LogP contribution in [0.1, 0.15) is 32.8 Å². The highest BCUT2D eigenvalue weighted by Crippen LogP contribution is 2.47. The largest absolute Gasteiger partial charge is 0.495 e. The average molecular weight is 522 g/mol. The van der Waals surface area contributed by atoms with Crippen LogP contribution in [0, 0.1) is 0 Å². The van der Waals surface area contributed by atoms with Crippen LogP contribution in [-0.2, 0) is 4.79 Å². The number of likely N-dealkylation sites (N-methyl/N-ethyl adjacent to an activating group) is 1. The molecule has 1 aromatic heterocycles. The first-order valence-electron chi connectivity index (χ1n) is 12.2. The first kappa shape index (κ1) is 25.0. The molecule has 1 saturated heterocycles. The van der Waals surface area contributed by atoms with E-state index in [1.165, 1.54) is 0 Å². The van der Waals surface area contributed by atoms with Crippen LogP contribution in [0.3, 0.4) is 0 Å². The van der Waals surface area contributed by atoms with Crippen LogP contribution in [0.15, 0.2) is 53.9 Å². The molecule has 0 N–H and O–H groups in total. The van der Waals surface area contributed by atoms with Crippen LogP contribution in [0.25, 0.3) is 0 Å². The maximum Gasteiger partial charge on any atom is 0.254 e. The monoisotopic (exact) mass is 521 g/mol. The molecule has 37 heavy (non-hydrogen) atoms. The van der Waals surface area contributed by atoms with Crippen LogP contribution >= 0.6 is 11.3 Å². The molecule has 2 aliphatic heterocycles. The standard InChI is InChI=1S/C28H31N3O5S/c1-29-26(24-10-7-15-37-24)25(18-16-22(35-3)23(36-4)17-19(18)27(29)32)28(33)31-13-11-30(12-14-31)20-8-5-6-9-21(20)34-2/h5-10,15-17,25-26H,11-14H2,1-4H3/t25-,26+/m1/s1. The van der Waals surface area contributed by atoms with Gasteiger partial charge in [-0.3, -0.25) is 9.59 Å². The first-order valence-corrected chi connectivity index (χ1v) is 13.1. The summed E-state index contributed by atoms with van der Waals surface area (Å²) in [6, 6.07) is 15.0. The van der Waals surface area contributed by atoms with Gasteiger partial charge in [0.05, 0.1) is 39.0 Å². The van der Waals surface area contributed by atoms with Crippen LogP contribution in [0.4, 0.5) is 5.69 Å². The molecule has 194 valence electrons. The number of hydrogen-bond acceptors (Lipinski definition) is 7. The van der Waals surface area contributed by atoms with Crippen molar-refractivity contribution >= 4 is 28.8 Å². The van der Waals surface area contributed by atoms with Crippen molar-refractivity contribution in [3.8, 4) is 17.2 Å². The molecule has 2 amide bonds. The molecular formula is C28H31N3O5S. The number of para-hydroxylation sites is 2. The second kappa shape index (κ2) is 10.3. The minimum atomic E-state index is -0.561. The Hall–Kier alpha value is -3.72. The Labute approximate surface area is 220 Å². The van der Waals surface area contributed by atoms with E-state index in [9.17, 15) is 9.59 Å². The highest BCUT2D eigenvalue weighted by atomic mass is 32.1. The molecule has 2 atom stereocenters. The lowest BCUT2D eigenvalue weighted by Gasteiger charge is -2.43. The van der Waals surface area contributed by atoms with Crippen molar-refractivity contribution in [3.63, 3.8) is 0 Å². The van der Waals surface area contributed by atoms with E-state index >= 15 is 0 Å². The number of fused-ring (bicyclic) bond motifs is 1. The summed E-state index contributed by atoms with van der Waals surface area (Å²) in [6.07, 6.45) is 0. The van der Waals surface area contributed by atoms with Crippen molar-refractivity contribution in [2.24, 2.45) is 0 Å². The number of methoxy groups -OCH3 is 3. The summed E-state index contributed by atoms with van der Waals surface area (Å²) >= 11 is 1.55. The summed E-state index contributed by atoms with van der Waals surface area (Å²) in [6.45, 7) is 2.53. The lowest BCUT2D eigenvalue weighted by Crippen LogP contribution is -2.53. The molecule has 2 aromatic carbocycles. The van der Waals surface area contributed by atoms with Crippen molar-refractivity contribution in [3.05, 3.63) is 69.9 Å². The molecule has 0 bridgehead atoms. The normalized spacial score (nSPS) is 19.5. The number of ether oxygens (including phenoxy) is 3. The van der Waals surface area contributed by atoms with Crippen LogP contribution in [0.5, 0.6) is 17.2 Å². The molecule has 8 nitrogen and oxygen atoms in total. The third kappa shape index (κ3) is 4.37. The number of thiophene rings is 1. The Bertz CT molecular complexity index is 1290. The summed E-state index contributed by atoms with van der Waals surface area (Å²) in [5, 5.41) is 1.98. The molecule has 5 rings (SSSR count). The van der Waals surface area contributed by atoms with Gasteiger partial charge in [0.15, 0.2) is 11.5 Å². The van der Waals surface area contributed by atoms with E-state index < -0.39 is 12.0 Å². The Balaban J connectivity index is 1.50. The third-order valence-corrected chi connectivity index (χ3v) is 8.24. The van der Waals surface area contributed by atoms with Gasteiger partial charge in [-0.1, -0.05) is 18.2 Å². The van der Waals surface area contributed by atoms with Gasteiger partial charge in [-0.15, -0.1) is 11.3 Å². The minimum Gasteiger partial charge on any atom is -0.495 e. The number of amides is 2. The number of benzene rings is 2. The number of carbonyl (C=O) groups is 2. The van der Waals surface area contributed by atoms with Crippen molar-refractivity contribution in [1.82, 2.24) is 9.80 Å². The fraction of sp³-hybridized carbons (Fsp3) is 0.357. The smallest absolute Gasteiger partial charge is 0.254 e. The predicted octanol–water partition coefficient (Wildman–Crippen LogP) is 4.03. The average Bonchev–Trinajstić information content (AvgIpc) is 3.48. The molecule has 0 unspecified atom stereocenters. The second-order valence-electron chi connectivity index (χ2n) is 9.13. The zero-order valence-corrected chi connectivity index (χ0v) is 22.3. The van der Waals surface area contributed by atoms with Gasteiger partial charge in [-0.05, 0) is 41.3 Å². The summed E-state index contributed by atoms with van der Waals surface area (Å²) in [4.78, 5) is 34.6. The molecule has 3 aromatic rings. The summed E-state index contributed by atoms with van der Waals surface area (Å²) < 4.78 is 16.6. The van der Waals surface area contributed by atoms with E-state index in [0.29, 0.717) is 48.8 Å². The minimum absolute atomic E-state index is 0.00546. The Kier molecular flexibility index (Phi) is 6.97. The Morgan fingerprint density at radius 1 is 0.892 bits per heavy atom. The third-order valence-electron chi connectivity index (χ3n) is 7.29. The molecule has 0 spiro atoms. The van der Waals surface area contributed by atoms with E-state index in [1.807, 2.05) is 46.7 Å². The topological polar surface area (TPSA) is 71.6 Å². The molecule has 0 saturated carbocycles. The maximum absolute atomic E-state index is 14.3. The number of nitrogens with zero attached hydrogens (tertiary/aromatic N) is 3. The van der Waals surface area contributed by atoms with Crippen LogP contribution < -0.4 is 19.1 Å². The fourth-order valence-corrected chi connectivity index (χ4v) is 6.29. The summed E-state index contributed by atoms with van der Waals surface area (Å²) in [5.41, 5.74) is 2.18. The van der Waals surface area contributed by atoms with E-state index in [0.717, 1.165) is 16.3 Å². The molecule has 0 aliphatic carbocycles. The van der Waals surface area contributed by atoms with Gasteiger partial charge in [0.25, 0.3) is 5.91 Å². The predicted molar refractivity (Wildman–Crippen MR) is 143 cm³/mol. The summed E-state index contributed by atoms with van der Waals surface area (Å²) in [7, 11) is 6.54. The van der Waals surface area contributed by atoms with Crippen molar-refractivity contribution in [2.45, 2.75) is 12.0 Å². The van der Waals surface area contributed by atoms with Gasteiger partial charge in [-0.25, -0.2) is 0 Å². The lowest BCUT2D eigenvalue weighted by atomic mass is 9.81. The molecule has 1 fully saturated rings. The molecule has 2 aliphatic rings. The van der Waals surface area contributed by atoms with Crippen molar-refractivity contribution < 1.29 is 23.8 Å². The second-order valence-corrected chi connectivity index (χ2v) is 10.1. The van der Waals surface area contributed by atoms with Gasteiger partial charge in [0.1, 0.15) is 5.75 Å². The number of carbonyl (C=O) groups excluding carboxylic acids is 2. The van der Waals surface area contributed by atoms with E-state index in [-0.39, 0.29) is 11.8 Å². The number of hydrogen-bond donors (Lipinski definition) is 0. The number of anilines is 1. The number of rotatable bonds is 6. The quantitative estimate of drug-likeness (QED) is 0.488. The maximum atomic E-state index is 14.3. The van der Waals surface area contributed by atoms with Crippen molar-refractivity contribution in [1.29, 1.82) is 0 Å². The Morgan fingerprint density at radius 2 is 1.57 bits per heavy atom. The SMILES string of the molecule is COc1cc2c(cc1OC)[C@@H](C(=O)N1CCN(c3ccccc3OC)CC1)[C@H](c1cccs1)N(C)C2=O. The van der Waals surface area contributed by atoms with Gasteiger partial charge >= 0.3 is 0 Å². The lowest BCUT2D eigenvalue weighted by molar-refractivity contribution is -0.134. The molecule has 0 radical (unpaired) electrons. The van der Waals surface area contributed by atoms with Gasteiger partial charge in [-0.2, -0.15) is 0 Å². The Morgan fingerprint density at radius 3 is 2.22 bits per heavy atom. The van der Waals surface area contributed by atoms with Gasteiger partial charge in [0, 0.05) is 43.7 Å². The van der Waals surface area contributed by atoms with Gasteiger partial charge in [0.2, 0.25) is 5.91 Å². The zero-order valence-electron chi connectivity index (χ0n) is 21.5. The zero-order chi connectivity index (χ0) is 26.1. The number of piperazine rings is 1. The van der Waals surface area contributed by atoms with Crippen LogP contribution in [0.2, 0.25) is 0 Å². The summed E-state index contributed by atoms with van der Waals surface area (Å²) in [5.74, 6) is 1.10. The van der Waals surface area contributed by atoms with E-state index in [1.54, 1.807) is 56.7 Å². The van der Waals surface area contributed by atoms with E-state index in [2.05, 4.69) is 4.90 Å².